The lowest BCUT2D eigenvalue weighted by molar-refractivity contribution is 0.0460. The largest absolute Gasteiger partial charge is 0.462 e. The molecule has 0 atom stereocenters. The number of ether oxygens (including phenoxy) is 1. The molecule has 16 heavy (non-hydrogen) atoms. The summed E-state index contributed by atoms with van der Waals surface area (Å²) < 4.78 is 5.11. The molecule has 0 aromatic heterocycles. The van der Waals surface area contributed by atoms with E-state index in [2.05, 4.69) is 0 Å². The van der Waals surface area contributed by atoms with Crippen molar-refractivity contribution in [3.8, 4) is 0 Å². The van der Waals surface area contributed by atoms with Crippen molar-refractivity contribution in [3.05, 3.63) is 23.3 Å². The van der Waals surface area contributed by atoms with Crippen molar-refractivity contribution in [1.82, 2.24) is 0 Å². The van der Waals surface area contributed by atoms with Crippen LogP contribution in [-0.2, 0) is 4.74 Å². The molecule has 0 aliphatic rings. The molecular weight excluding hydrogens is 204 g/mol. The minimum atomic E-state index is -0.415. The summed E-state index contributed by atoms with van der Waals surface area (Å²) in [6.45, 7) is 6.18. The van der Waals surface area contributed by atoms with E-state index in [1.54, 1.807) is 12.1 Å². The van der Waals surface area contributed by atoms with Crippen LogP contribution in [0.5, 0.6) is 0 Å². The Kier molecular flexibility index (Phi) is 3.77. The first-order valence-corrected chi connectivity index (χ1v) is 5.24. The Balaban J connectivity index is 2.91. The Labute approximate surface area is 95.6 Å². The van der Waals surface area contributed by atoms with Crippen molar-refractivity contribution >= 4 is 17.3 Å². The Morgan fingerprint density at radius 2 is 2.00 bits per heavy atom. The second-order valence-corrected chi connectivity index (χ2v) is 4.31. The van der Waals surface area contributed by atoms with E-state index in [-0.39, 0.29) is 0 Å². The van der Waals surface area contributed by atoms with E-state index in [0.29, 0.717) is 29.5 Å². The molecule has 0 spiro atoms. The maximum atomic E-state index is 11.7. The summed E-state index contributed by atoms with van der Waals surface area (Å²) in [6.07, 6.45) is 0. The molecule has 0 aliphatic carbocycles. The van der Waals surface area contributed by atoms with E-state index in [0.717, 1.165) is 5.56 Å². The second kappa shape index (κ2) is 4.88. The first-order valence-electron chi connectivity index (χ1n) is 5.24. The summed E-state index contributed by atoms with van der Waals surface area (Å²) in [5, 5.41) is 0. The van der Waals surface area contributed by atoms with Crippen LogP contribution in [0.1, 0.15) is 29.8 Å². The second-order valence-electron chi connectivity index (χ2n) is 4.31. The zero-order valence-corrected chi connectivity index (χ0v) is 9.91. The molecule has 0 amide bonds. The standard InChI is InChI=1S/C12H18N2O2/c1-7(2)6-16-12(15)9-4-8(3)5-10(13)11(9)14/h4-5,7H,6,13-14H2,1-3H3. The number of benzene rings is 1. The van der Waals surface area contributed by atoms with Gasteiger partial charge in [0.15, 0.2) is 0 Å². The quantitative estimate of drug-likeness (QED) is 0.605. The van der Waals surface area contributed by atoms with E-state index in [4.69, 9.17) is 16.2 Å². The van der Waals surface area contributed by atoms with Crippen LogP contribution in [0.3, 0.4) is 0 Å². The van der Waals surface area contributed by atoms with Gasteiger partial charge >= 0.3 is 5.97 Å². The van der Waals surface area contributed by atoms with Gasteiger partial charge in [0.1, 0.15) is 0 Å². The van der Waals surface area contributed by atoms with Crippen molar-refractivity contribution < 1.29 is 9.53 Å². The molecule has 4 heteroatoms. The van der Waals surface area contributed by atoms with Gasteiger partial charge in [0.05, 0.1) is 23.5 Å². The van der Waals surface area contributed by atoms with E-state index in [1.165, 1.54) is 0 Å². The zero-order valence-electron chi connectivity index (χ0n) is 9.91. The monoisotopic (exact) mass is 222 g/mol. The van der Waals surface area contributed by atoms with Gasteiger partial charge < -0.3 is 16.2 Å². The Morgan fingerprint density at radius 1 is 1.38 bits per heavy atom. The maximum Gasteiger partial charge on any atom is 0.340 e. The van der Waals surface area contributed by atoms with Crippen molar-refractivity contribution in [2.75, 3.05) is 18.1 Å². The minimum Gasteiger partial charge on any atom is -0.462 e. The number of hydrogen-bond acceptors (Lipinski definition) is 4. The Morgan fingerprint density at radius 3 is 2.56 bits per heavy atom. The van der Waals surface area contributed by atoms with Gasteiger partial charge in [-0.3, -0.25) is 0 Å². The molecule has 88 valence electrons. The van der Waals surface area contributed by atoms with Crippen LogP contribution in [0.25, 0.3) is 0 Å². The normalized spacial score (nSPS) is 10.5. The van der Waals surface area contributed by atoms with Gasteiger partial charge in [-0.2, -0.15) is 0 Å². The molecule has 0 saturated carbocycles. The third-order valence-corrected chi connectivity index (χ3v) is 2.12. The number of aryl methyl sites for hydroxylation is 1. The van der Waals surface area contributed by atoms with Gasteiger partial charge in [0, 0.05) is 0 Å². The summed E-state index contributed by atoms with van der Waals surface area (Å²) in [5.41, 5.74) is 13.4. The predicted molar refractivity (Wildman–Crippen MR) is 65.1 cm³/mol. The van der Waals surface area contributed by atoms with E-state index in [1.807, 2.05) is 20.8 Å². The number of rotatable bonds is 3. The summed E-state index contributed by atoms with van der Waals surface area (Å²) in [7, 11) is 0. The summed E-state index contributed by atoms with van der Waals surface area (Å²) in [4.78, 5) is 11.7. The highest BCUT2D eigenvalue weighted by Gasteiger charge is 2.14. The maximum absolute atomic E-state index is 11.7. The van der Waals surface area contributed by atoms with Crippen LogP contribution in [0.15, 0.2) is 12.1 Å². The SMILES string of the molecule is Cc1cc(N)c(N)c(C(=O)OCC(C)C)c1. The number of nitrogen functional groups attached to an aromatic ring is 2. The van der Waals surface area contributed by atoms with Crippen LogP contribution in [-0.4, -0.2) is 12.6 Å². The molecule has 0 unspecified atom stereocenters. The predicted octanol–water partition coefficient (Wildman–Crippen LogP) is 1.97. The molecule has 4 N–H and O–H groups in total. The lowest BCUT2D eigenvalue weighted by atomic mass is 10.1. The average molecular weight is 222 g/mol. The van der Waals surface area contributed by atoms with E-state index in [9.17, 15) is 4.79 Å². The summed E-state index contributed by atoms with van der Waals surface area (Å²) in [6, 6.07) is 3.42. The molecule has 0 saturated heterocycles. The van der Waals surface area contributed by atoms with E-state index < -0.39 is 5.97 Å². The van der Waals surface area contributed by atoms with Gasteiger partial charge in [0.2, 0.25) is 0 Å². The van der Waals surface area contributed by atoms with Gasteiger partial charge in [-0.1, -0.05) is 13.8 Å². The van der Waals surface area contributed by atoms with Crippen LogP contribution in [0.2, 0.25) is 0 Å². The van der Waals surface area contributed by atoms with Crippen molar-refractivity contribution in [3.63, 3.8) is 0 Å². The molecule has 0 heterocycles. The number of carbonyl (C=O) groups excluding carboxylic acids is 1. The number of carbonyl (C=O) groups is 1. The third kappa shape index (κ3) is 2.89. The fraction of sp³-hybridized carbons (Fsp3) is 0.417. The lowest BCUT2D eigenvalue weighted by Gasteiger charge is -2.11. The van der Waals surface area contributed by atoms with Crippen molar-refractivity contribution in [2.24, 2.45) is 5.92 Å². The molecule has 0 bridgehead atoms. The third-order valence-electron chi connectivity index (χ3n) is 2.12. The number of anilines is 2. The van der Waals surface area contributed by atoms with Crippen LogP contribution in [0.4, 0.5) is 11.4 Å². The highest BCUT2D eigenvalue weighted by atomic mass is 16.5. The molecule has 4 nitrogen and oxygen atoms in total. The smallest absolute Gasteiger partial charge is 0.340 e. The van der Waals surface area contributed by atoms with Crippen LogP contribution in [0, 0.1) is 12.8 Å². The number of esters is 1. The fourth-order valence-corrected chi connectivity index (χ4v) is 1.31. The Bertz CT molecular complexity index is 400. The van der Waals surface area contributed by atoms with Gasteiger partial charge in [-0.05, 0) is 30.5 Å². The number of nitrogens with two attached hydrogens (primary N) is 2. The fourth-order valence-electron chi connectivity index (χ4n) is 1.31. The summed E-state index contributed by atoms with van der Waals surface area (Å²) >= 11 is 0. The lowest BCUT2D eigenvalue weighted by Crippen LogP contribution is -2.13. The topological polar surface area (TPSA) is 78.3 Å². The average Bonchev–Trinajstić information content (AvgIpc) is 2.19. The molecule has 0 aliphatic heterocycles. The first-order chi connectivity index (χ1) is 7.41. The molecule has 1 aromatic carbocycles. The highest BCUT2D eigenvalue weighted by molar-refractivity contribution is 5.98. The van der Waals surface area contributed by atoms with E-state index >= 15 is 0 Å². The molecular formula is C12H18N2O2. The van der Waals surface area contributed by atoms with Crippen molar-refractivity contribution in [2.45, 2.75) is 20.8 Å². The van der Waals surface area contributed by atoms with Gasteiger partial charge in [0.25, 0.3) is 0 Å². The highest BCUT2D eigenvalue weighted by Crippen LogP contribution is 2.22. The molecule has 0 fully saturated rings. The Hall–Kier alpha value is -1.71. The minimum absolute atomic E-state index is 0.291. The van der Waals surface area contributed by atoms with Gasteiger partial charge in [-0.25, -0.2) is 4.79 Å². The molecule has 1 rings (SSSR count). The molecule has 1 aromatic rings. The summed E-state index contributed by atoms with van der Waals surface area (Å²) in [5.74, 6) is -0.117. The first kappa shape index (κ1) is 12.4. The number of hydrogen-bond donors (Lipinski definition) is 2. The van der Waals surface area contributed by atoms with Crippen LogP contribution < -0.4 is 11.5 Å². The van der Waals surface area contributed by atoms with Crippen LogP contribution >= 0.6 is 0 Å². The van der Waals surface area contributed by atoms with Gasteiger partial charge in [-0.15, -0.1) is 0 Å². The molecule has 0 radical (unpaired) electrons. The zero-order chi connectivity index (χ0) is 12.3. The van der Waals surface area contributed by atoms with Crippen molar-refractivity contribution in [1.29, 1.82) is 0 Å².